The van der Waals surface area contributed by atoms with Crippen LogP contribution in [0.5, 0.6) is 0 Å². The lowest BCUT2D eigenvalue weighted by molar-refractivity contribution is 0.521. The van der Waals surface area contributed by atoms with Crippen molar-refractivity contribution in [3.05, 3.63) is 53.3 Å². The number of hydrogen-bond donors (Lipinski definition) is 2. The Balaban J connectivity index is 2.29. The van der Waals surface area contributed by atoms with Crippen LogP contribution in [0.15, 0.2) is 36.5 Å². The van der Waals surface area contributed by atoms with Gasteiger partial charge in [0.1, 0.15) is 0 Å². The third-order valence-electron chi connectivity index (χ3n) is 3.37. The van der Waals surface area contributed by atoms with Gasteiger partial charge < -0.3 is 0 Å². The van der Waals surface area contributed by atoms with Gasteiger partial charge in [-0.3, -0.25) is 10.5 Å². The molecule has 0 amide bonds. The van der Waals surface area contributed by atoms with Crippen LogP contribution < -0.4 is 11.3 Å². The van der Waals surface area contributed by atoms with Crippen molar-refractivity contribution in [3.8, 4) is 0 Å². The van der Waals surface area contributed by atoms with Crippen LogP contribution in [0, 0.1) is 0 Å². The second-order valence-corrected chi connectivity index (χ2v) is 4.67. The fraction of sp³-hybridized carbons (Fsp3) is 0.400. The molecule has 0 bridgehead atoms. The van der Waals surface area contributed by atoms with E-state index in [-0.39, 0.29) is 6.04 Å². The van der Waals surface area contributed by atoms with Gasteiger partial charge in [0.15, 0.2) is 0 Å². The molecule has 3 N–H and O–H groups in total. The summed E-state index contributed by atoms with van der Waals surface area (Å²) in [5.41, 5.74) is 6.50. The van der Waals surface area contributed by atoms with Crippen LogP contribution in [-0.2, 0) is 13.0 Å². The largest absolute Gasteiger partial charge is 0.271 e. The van der Waals surface area contributed by atoms with E-state index in [0.29, 0.717) is 0 Å². The average molecular weight is 258 g/mol. The first-order chi connectivity index (χ1) is 9.30. The summed E-state index contributed by atoms with van der Waals surface area (Å²) in [4.78, 5) is 0. The molecule has 0 radical (unpaired) electrons. The van der Waals surface area contributed by atoms with Gasteiger partial charge in [0.2, 0.25) is 0 Å². The van der Waals surface area contributed by atoms with Gasteiger partial charge in [0, 0.05) is 12.7 Å². The second kappa shape index (κ2) is 6.50. The fourth-order valence-electron chi connectivity index (χ4n) is 2.28. The Hall–Kier alpha value is -1.65. The Bertz CT molecular complexity index is 501. The summed E-state index contributed by atoms with van der Waals surface area (Å²) in [6, 6.07) is 10.6. The number of hydrogen-bond acceptors (Lipinski definition) is 3. The summed E-state index contributed by atoms with van der Waals surface area (Å²) in [6.45, 7) is 5.21. The Morgan fingerprint density at radius 3 is 2.53 bits per heavy atom. The second-order valence-electron chi connectivity index (χ2n) is 4.67. The summed E-state index contributed by atoms with van der Waals surface area (Å²) in [7, 11) is 0. The molecule has 1 heterocycles. The number of rotatable bonds is 6. The molecule has 2 aromatic rings. The molecule has 0 aliphatic rings. The van der Waals surface area contributed by atoms with Crippen molar-refractivity contribution in [1.29, 1.82) is 0 Å². The van der Waals surface area contributed by atoms with Gasteiger partial charge in [-0.05, 0) is 30.0 Å². The van der Waals surface area contributed by atoms with E-state index in [9.17, 15) is 0 Å². The van der Waals surface area contributed by atoms with E-state index >= 15 is 0 Å². The number of hydrazine groups is 1. The van der Waals surface area contributed by atoms with Gasteiger partial charge in [0.05, 0.1) is 11.7 Å². The van der Waals surface area contributed by atoms with Crippen molar-refractivity contribution in [2.24, 2.45) is 5.84 Å². The zero-order chi connectivity index (χ0) is 13.7. The highest BCUT2D eigenvalue weighted by molar-refractivity contribution is 5.30. The molecule has 0 fully saturated rings. The molecule has 0 aliphatic heterocycles. The molecule has 1 atom stereocenters. The molecule has 0 spiro atoms. The smallest absolute Gasteiger partial charge is 0.0878 e. The van der Waals surface area contributed by atoms with Crippen LogP contribution in [0.3, 0.4) is 0 Å². The summed E-state index contributed by atoms with van der Waals surface area (Å²) in [5.74, 6) is 5.74. The van der Waals surface area contributed by atoms with E-state index < -0.39 is 0 Å². The molecule has 4 nitrogen and oxygen atoms in total. The molecule has 1 aromatic heterocycles. The minimum atomic E-state index is -0.0139. The standard InChI is InChI=1S/C15H22N4/c1-3-11-19-14(9-10-17-19)15(18-16)13-7-5-12(4-2)6-8-13/h5-10,15,18H,3-4,11,16H2,1-2H3. The molecule has 0 saturated carbocycles. The van der Waals surface area contributed by atoms with Crippen molar-refractivity contribution >= 4 is 0 Å². The maximum absolute atomic E-state index is 5.74. The minimum Gasteiger partial charge on any atom is -0.271 e. The fourth-order valence-corrected chi connectivity index (χ4v) is 2.28. The molecule has 1 aromatic carbocycles. The maximum Gasteiger partial charge on any atom is 0.0878 e. The van der Waals surface area contributed by atoms with Gasteiger partial charge >= 0.3 is 0 Å². The Morgan fingerprint density at radius 1 is 1.21 bits per heavy atom. The zero-order valence-electron chi connectivity index (χ0n) is 11.6. The normalized spacial score (nSPS) is 12.6. The third-order valence-corrected chi connectivity index (χ3v) is 3.37. The van der Waals surface area contributed by atoms with Crippen LogP contribution in [-0.4, -0.2) is 9.78 Å². The van der Waals surface area contributed by atoms with Gasteiger partial charge in [0.25, 0.3) is 0 Å². The Morgan fingerprint density at radius 2 is 1.95 bits per heavy atom. The topological polar surface area (TPSA) is 55.9 Å². The SMILES string of the molecule is CCCn1nccc1C(NN)c1ccc(CC)cc1. The first kappa shape index (κ1) is 13.8. The predicted octanol–water partition coefficient (Wildman–Crippen LogP) is 2.41. The van der Waals surface area contributed by atoms with E-state index in [1.807, 2.05) is 16.9 Å². The molecule has 0 saturated heterocycles. The van der Waals surface area contributed by atoms with Gasteiger partial charge in [-0.25, -0.2) is 5.43 Å². The van der Waals surface area contributed by atoms with Crippen LogP contribution in [0.2, 0.25) is 0 Å². The lowest BCUT2D eigenvalue weighted by Crippen LogP contribution is -2.30. The summed E-state index contributed by atoms with van der Waals surface area (Å²) >= 11 is 0. The first-order valence-corrected chi connectivity index (χ1v) is 6.86. The molecule has 4 heteroatoms. The minimum absolute atomic E-state index is 0.0139. The molecule has 0 aliphatic carbocycles. The van der Waals surface area contributed by atoms with Crippen LogP contribution in [0.25, 0.3) is 0 Å². The quantitative estimate of drug-likeness (QED) is 0.618. The lowest BCUT2D eigenvalue weighted by atomic mass is 10.0. The number of nitrogens with zero attached hydrogens (tertiary/aromatic N) is 2. The highest BCUT2D eigenvalue weighted by Crippen LogP contribution is 2.21. The first-order valence-electron chi connectivity index (χ1n) is 6.86. The average Bonchev–Trinajstić information content (AvgIpc) is 2.89. The predicted molar refractivity (Wildman–Crippen MR) is 77.5 cm³/mol. The van der Waals surface area contributed by atoms with E-state index in [1.54, 1.807) is 0 Å². The van der Waals surface area contributed by atoms with Crippen molar-refractivity contribution in [1.82, 2.24) is 15.2 Å². The molecule has 19 heavy (non-hydrogen) atoms. The highest BCUT2D eigenvalue weighted by atomic mass is 15.3. The van der Waals surface area contributed by atoms with Crippen molar-refractivity contribution in [2.75, 3.05) is 0 Å². The van der Waals surface area contributed by atoms with E-state index in [1.165, 1.54) is 5.56 Å². The summed E-state index contributed by atoms with van der Waals surface area (Å²) in [5, 5.41) is 4.36. The third kappa shape index (κ3) is 3.03. The summed E-state index contributed by atoms with van der Waals surface area (Å²) in [6.07, 6.45) is 3.94. The number of nitrogens with two attached hydrogens (primary N) is 1. The molecule has 1 unspecified atom stereocenters. The zero-order valence-corrected chi connectivity index (χ0v) is 11.6. The van der Waals surface area contributed by atoms with E-state index in [4.69, 9.17) is 5.84 Å². The molecule has 102 valence electrons. The van der Waals surface area contributed by atoms with Crippen molar-refractivity contribution < 1.29 is 0 Å². The number of aryl methyl sites for hydroxylation is 2. The summed E-state index contributed by atoms with van der Waals surface area (Å²) < 4.78 is 2.01. The Labute approximate surface area is 114 Å². The highest BCUT2D eigenvalue weighted by Gasteiger charge is 2.16. The molecular weight excluding hydrogens is 236 g/mol. The van der Waals surface area contributed by atoms with Crippen molar-refractivity contribution in [3.63, 3.8) is 0 Å². The van der Waals surface area contributed by atoms with Crippen LogP contribution in [0.4, 0.5) is 0 Å². The van der Waals surface area contributed by atoms with Crippen LogP contribution >= 0.6 is 0 Å². The molecular formula is C15H22N4. The monoisotopic (exact) mass is 258 g/mol. The molecule has 2 rings (SSSR count). The van der Waals surface area contributed by atoms with E-state index in [2.05, 4.69) is 48.6 Å². The van der Waals surface area contributed by atoms with Gasteiger partial charge in [-0.2, -0.15) is 5.10 Å². The van der Waals surface area contributed by atoms with Crippen molar-refractivity contribution in [2.45, 2.75) is 39.3 Å². The lowest BCUT2D eigenvalue weighted by Gasteiger charge is -2.18. The number of aromatic nitrogens is 2. The number of nitrogens with one attached hydrogen (secondary N) is 1. The van der Waals surface area contributed by atoms with Gasteiger partial charge in [-0.15, -0.1) is 0 Å². The van der Waals surface area contributed by atoms with Crippen LogP contribution in [0.1, 0.15) is 43.1 Å². The van der Waals surface area contributed by atoms with E-state index in [0.717, 1.165) is 30.6 Å². The van der Waals surface area contributed by atoms with Gasteiger partial charge in [-0.1, -0.05) is 38.1 Å². The maximum atomic E-state index is 5.74. The number of benzene rings is 1. The Kier molecular flexibility index (Phi) is 4.71.